The van der Waals surface area contributed by atoms with Gasteiger partial charge in [0.2, 0.25) is 0 Å². The molecule has 0 radical (unpaired) electrons. The van der Waals surface area contributed by atoms with Crippen molar-refractivity contribution < 1.29 is 33.2 Å². The topological polar surface area (TPSA) is 158 Å². The van der Waals surface area contributed by atoms with Crippen molar-refractivity contribution in [3.8, 4) is 0 Å². The molecule has 3 N–H and O–H groups in total. The maximum absolute atomic E-state index is 12.2. The van der Waals surface area contributed by atoms with E-state index in [4.69, 9.17) is 18.7 Å². The number of benzene rings is 1. The van der Waals surface area contributed by atoms with Gasteiger partial charge in [-0.05, 0) is 10.1 Å². The lowest BCUT2D eigenvalue weighted by Gasteiger charge is -2.44. The van der Waals surface area contributed by atoms with Crippen molar-refractivity contribution >= 4 is 14.1 Å². The van der Waals surface area contributed by atoms with Crippen LogP contribution in [0.2, 0.25) is 0 Å². The Bertz CT molecular complexity index is 1120. The minimum atomic E-state index is -2.46. The fraction of sp³-hybridized carbons (Fsp3) is 0.450. The second-order valence-corrected chi connectivity index (χ2v) is 8.67. The lowest BCUT2D eigenvalue weighted by Crippen LogP contribution is -2.57. The van der Waals surface area contributed by atoms with E-state index in [-0.39, 0.29) is 19.8 Å². The van der Waals surface area contributed by atoms with Crippen LogP contribution in [-0.4, -0.2) is 58.2 Å². The Balaban J connectivity index is 1.28. The summed E-state index contributed by atoms with van der Waals surface area (Å²) in [7, 11) is -2.46. The summed E-state index contributed by atoms with van der Waals surface area (Å²) >= 11 is 0. The van der Waals surface area contributed by atoms with E-state index in [1.807, 2.05) is 30.3 Å². The number of esters is 1. The second-order valence-electron chi connectivity index (χ2n) is 7.58. The molecule has 1 spiro atoms. The van der Waals surface area contributed by atoms with Gasteiger partial charge in [-0.2, -0.15) is 0 Å². The first-order valence-electron chi connectivity index (χ1n) is 10.2. The number of aliphatic hydroxyl groups excluding tert-OH is 1. The quantitative estimate of drug-likeness (QED) is 0.328. The van der Waals surface area contributed by atoms with Crippen molar-refractivity contribution in [2.45, 2.75) is 37.1 Å². The predicted octanol–water partition coefficient (Wildman–Crippen LogP) is -0.0390. The van der Waals surface area contributed by atoms with Gasteiger partial charge in [-0.15, -0.1) is 4.52 Å². The van der Waals surface area contributed by atoms with Gasteiger partial charge in [-0.1, -0.05) is 35.4 Å². The number of carbonyl (C=O) groups is 1. The third-order valence-corrected chi connectivity index (χ3v) is 6.29. The Labute approximate surface area is 188 Å². The number of ether oxygens (including phenoxy) is 3. The summed E-state index contributed by atoms with van der Waals surface area (Å²) in [5.41, 5.74) is -1.64. The molecule has 176 valence electrons. The minimum Gasteiger partial charge on any atom is -0.460 e. The average molecular weight is 480 g/mol. The van der Waals surface area contributed by atoms with Crippen LogP contribution in [0.1, 0.15) is 18.2 Å². The van der Waals surface area contributed by atoms with Crippen LogP contribution in [0.15, 0.2) is 52.2 Å². The zero-order chi connectivity index (χ0) is 23.4. The summed E-state index contributed by atoms with van der Waals surface area (Å²) < 4.78 is 34.9. The van der Waals surface area contributed by atoms with Crippen molar-refractivity contribution in [2.24, 2.45) is 0 Å². The Morgan fingerprint density at radius 1 is 1.30 bits per heavy atom. The van der Waals surface area contributed by atoms with Gasteiger partial charge in [0.1, 0.15) is 37.6 Å². The number of aromatic nitrogens is 2. The highest BCUT2D eigenvalue weighted by Crippen LogP contribution is 2.48. The van der Waals surface area contributed by atoms with E-state index >= 15 is 0 Å². The van der Waals surface area contributed by atoms with Gasteiger partial charge >= 0.3 is 19.8 Å². The first kappa shape index (κ1) is 23.4. The zero-order valence-corrected chi connectivity index (χ0v) is 18.3. The summed E-state index contributed by atoms with van der Waals surface area (Å²) in [6.45, 7) is -0.168. The minimum absolute atomic E-state index is 0.0920. The number of rotatable bonds is 9. The maximum Gasteiger partial charge on any atom is 0.613 e. The van der Waals surface area contributed by atoms with E-state index in [0.29, 0.717) is 13.0 Å². The number of carbonyl (C=O) groups excluding carboxylic acids is 1. The third kappa shape index (κ3) is 5.11. The van der Waals surface area contributed by atoms with E-state index in [2.05, 4.69) is 10.1 Å². The molecule has 2 saturated heterocycles. The monoisotopic (exact) mass is 480 g/mol. The maximum atomic E-state index is 12.2. The highest BCUT2D eigenvalue weighted by Gasteiger charge is 2.62. The molecule has 2 aromatic rings. The second kappa shape index (κ2) is 10.0. The van der Waals surface area contributed by atoms with Gasteiger partial charge in [0.05, 0.1) is 6.61 Å². The van der Waals surface area contributed by atoms with Gasteiger partial charge in [0, 0.05) is 18.7 Å². The van der Waals surface area contributed by atoms with Crippen molar-refractivity contribution in [3.63, 3.8) is 0 Å². The highest BCUT2D eigenvalue weighted by atomic mass is 31.1. The number of hydrogen-bond acceptors (Lipinski definition) is 9. The lowest BCUT2D eigenvalue weighted by atomic mass is 9.86. The number of H-pyrrole nitrogens is 1. The van der Waals surface area contributed by atoms with E-state index in [1.54, 1.807) is 0 Å². The molecule has 12 nitrogen and oxygen atoms in total. The van der Waals surface area contributed by atoms with Gasteiger partial charge in [-0.25, -0.2) is 4.79 Å². The molecule has 4 rings (SSSR count). The van der Waals surface area contributed by atoms with Gasteiger partial charge in [-0.3, -0.25) is 19.1 Å². The van der Waals surface area contributed by atoms with Gasteiger partial charge < -0.3 is 19.3 Å². The fourth-order valence-corrected chi connectivity index (χ4v) is 4.36. The van der Waals surface area contributed by atoms with E-state index in [0.717, 1.165) is 16.2 Å². The molecule has 13 heteroatoms. The Morgan fingerprint density at radius 2 is 2.06 bits per heavy atom. The summed E-state index contributed by atoms with van der Waals surface area (Å²) in [5, 5.41) is 13.2. The fourth-order valence-electron chi connectivity index (χ4n) is 3.73. The molecule has 0 bridgehead atoms. The number of nitrogens with zero attached hydrogens (tertiary/aromatic N) is 1. The van der Waals surface area contributed by atoms with Gasteiger partial charge in [0.25, 0.3) is 5.56 Å². The van der Waals surface area contributed by atoms with Crippen LogP contribution >= 0.6 is 8.18 Å². The summed E-state index contributed by atoms with van der Waals surface area (Å²) in [5.74, 6) is -0.609. The smallest absolute Gasteiger partial charge is 0.460 e. The van der Waals surface area contributed by atoms with Crippen LogP contribution in [0.3, 0.4) is 0 Å². The molecule has 2 fully saturated rings. The van der Waals surface area contributed by atoms with E-state index in [9.17, 15) is 24.1 Å². The first-order valence-corrected chi connectivity index (χ1v) is 11.4. The third-order valence-electron chi connectivity index (χ3n) is 5.49. The highest BCUT2D eigenvalue weighted by molar-refractivity contribution is 7.36. The largest absolute Gasteiger partial charge is 0.613 e. The number of nitrogens with one attached hydrogen (secondary N) is 2. The summed E-state index contributed by atoms with van der Waals surface area (Å²) in [6.07, 6.45) is -1.46. The Morgan fingerprint density at radius 3 is 2.73 bits per heavy atom. The molecule has 0 amide bonds. The van der Waals surface area contributed by atoms with Crippen molar-refractivity contribution in [3.05, 3.63) is 69.0 Å². The first-order chi connectivity index (χ1) is 15.9. The zero-order valence-electron chi connectivity index (χ0n) is 17.4. The molecule has 3 heterocycles. The molecule has 0 aliphatic carbocycles. The summed E-state index contributed by atoms with van der Waals surface area (Å²) in [6, 6.07) is 10.3. The molecule has 2 aliphatic heterocycles. The molecule has 1 aromatic carbocycles. The number of hydrogen-bond donors (Lipinski definition) is 3. The van der Waals surface area contributed by atoms with Crippen LogP contribution in [-0.2, 0) is 34.7 Å². The van der Waals surface area contributed by atoms with E-state index < -0.39 is 49.4 Å². The average Bonchev–Trinajstić information content (AvgIpc) is 3.07. The molecule has 5 atom stereocenters. The van der Waals surface area contributed by atoms with Crippen LogP contribution in [0.5, 0.6) is 0 Å². The van der Waals surface area contributed by atoms with Crippen molar-refractivity contribution in [1.29, 1.82) is 0 Å². The van der Waals surface area contributed by atoms with Crippen molar-refractivity contribution in [1.82, 2.24) is 14.6 Å². The molecule has 0 saturated carbocycles. The summed E-state index contributed by atoms with van der Waals surface area (Å²) in [4.78, 5) is 37.5. The van der Waals surface area contributed by atoms with E-state index in [1.165, 1.54) is 6.20 Å². The standard InChI is InChI=1S/C20H22N3O9P/c24-15-6-8-23(19(27)22-15)18-20(7-9-30-20)17(26)14(32-18)12-31-33(28)21-10-16(25)29-11-13-4-2-1-3-5-13/h1-6,8,14,17-18,26H,7,9-12H2,(H-,21,22,24,27,28)/p+1/t14-,17-,18-,20-/m1/s1. The SMILES string of the molecule is O=C(CN[P+](=O)OC[C@H]1O[C@@H](n2ccc(=O)[nH]c2=O)[C@@]2(CCO2)[C@@H]1O)OCc1ccccc1. The molecular weight excluding hydrogens is 457 g/mol. The van der Waals surface area contributed by atoms with Crippen LogP contribution in [0.4, 0.5) is 0 Å². The molecule has 1 aromatic heterocycles. The van der Waals surface area contributed by atoms with Crippen LogP contribution in [0, 0.1) is 0 Å². The molecular formula is C20H23N3O9P+. The van der Waals surface area contributed by atoms with Crippen molar-refractivity contribution in [2.75, 3.05) is 19.8 Å². The molecule has 1 unspecified atom stereocenters. The lowest BCUT2D eigenvalue weighted by molar-refractivity contribution is -0.227. The predicted molar refractivity (Wildman–Crippen MR) is 112 cm³/mol. The van der Waals surface area contributed by atoms with Gasteiger partial charge in [0.15, 0.2) is 6.23 Å². The number of aliphatic hydroxyl groups is 1. The Hall–Kier alpha value is -2.73. The van der Waals surface area contributed by atoms with Crippen LogP contribution in [0.25, 0.3) is 0 Å². The molecule has 2 aliphatic rings. The van der Waals surface area contributed by atoms with Crippen LogP contribution < -0.4 is 16.3 Å². The number of aromatic amines is 1. The Kier molecular flexibility index (Phi) is 7.13. The normalized spacial score (nSPS) is 26.7. The molecule has 33 heavy (non-hydrogen) atoms.